The van der Waals surface area contributed by atoms with Gasteiger partial charge in [0.15, 0.2) is 9.84 Å². The first kappa shape index (κ1) is 19.5. The summed E-state index contributed by atoms with van der Waals surface area (Å²) in [6, 6.07) is 5.65. The van der Waals surface area contributed by atoms with Gasteiger partial charge in [0.05, 0.1) is 35.8 Å². The number of benzene rings is 1. The van der Waals surface area contributed by atoms with Gasteiger partial charge in [-0.05, 0) is 19.1 Å². The van der Waals surface area contributed by atoms with Crippen LogP contribution in [0.3, 0.4) is 0 Å². The summed E-state index contributed by atoms with van der Waals surface area (Å²) in [6.07, 6.45) is 0. The molecule has 1 aromatic carbocycles. The van der Waals surface area contributed by atoms with Crippen molar-refractivity contribution in [2.24, 2.45) is 0 Å². The molecule has 3 rings (SSSR count). The van der Waals surface area contributed by atoms with Crippen LogP contribution in [0.25, 0.3) is 0 Å². The van der Waals surface area contributed by atoms with Crippen molar-refractivity contribution in [2.45, 2.75) is 19.0 Å². The van der Waals surface area contributed by atoms with Gasteiger partial charge in [-0.3, -0.25) is 4.79 Å². The first-order chi connectivity index (χ1) is 12.7. The maximum Gasteiger partial charge on any atom is 0.319 e. The van der Waals surface area contributed by atoms with Gasteiger partial charge in [-0.15, -0.1) is 0 Å². The Labute approximate surface area is 159 Å². The molecular formula is C18H25N3O5S. The van der Waals surface area contributed by atoms with Crippen molar-refractivity contribution in [3.63, 3.8) is 0 Å². The van der Waals surface area contributed by atoms with Crippen molar-refractivity contribution in [3.8, 4) is 5.75 Å². The fourth-order valence-electron chi connectivity index (χ4n) is 3.78. The second-order valence-corrected chi connectivity index (χ2v) is 9.16. The molecule has 27 heavy (non-hydrogen) atoms. The van der Waals surface area contributed by atoms with E-state index in [4.69, 9.17) is 4.74 Å². The van der Waals surface area contributed by atoms with E-state index in [2.05, 4.69) is 0 Å². The Balaban J connectivity index is 1.92. The van der Waals surface area contributed by atoms with Crippen molar-refractivity contribution < 1.29 is 22.7 Å². The number of piperazine rings is 1. The largest absolute Gasteiger partial charge is 0.493 e. The molecule has 148 valence electrons. The fourth-order valence-corrected chi connectivity index (χ4v) is 5.76. The van der Waals surface area contributed by atoms with E-state index in [0.29, 0.717) is 24.5 Å². The van der Waals surface area contributed by atoms with Gasteiger partial charge in [0.25, 0.3) is 5.91 Å². The zero-order valence-corrected chi connectivity index (χ0v) is 16.6. The Morgan fingerprint density at radius 1 is 1.11 bits per heavy atom. The number of urea groups is 1. The van der Waals surface area contributed by atoms with Gasteiger partial charge < -0.3 is 19.4 Å². The van der Waals surface area contributed by atoms with Crippen LogP contribution in [0.5, 0.6) is 5.75 Å². The molecule has 2 aliphatic heterocycles. The van der Waals surface area contributed by atoms with Crippen LogP contribution >= 0.6 is 0 Å². The van der Waals surface area contributed by atoms with Gasteiger partial charge in [0.1, 0.15) is 5.75 Å². The number of hydrogen-bond donors (Lipinski definition) is 0. The predicted octanol–water partition coefficient (Wildman–Crippen LogP) is 0.690. The lowest BCUT2D eigenvalue weighted by atomic mass is 10.0. The van der Waals surface area contributed by atoms with E-state index < -0.39 is 21.9 Å². The molecule has 0 radical (unpaired) electrons. The van der Waals surface area contributed by atoms with Gasteiger partial charge in [-0.1, -0.05) is 12.1 Å². The summed E-state index contributed by atoms with van der Waals surface area (Å²) in [5, 5.41) is 0. The van der Waals surface area contributed by atoms with Crippen LogP contribution in [0, 0.1) is 0 Å². The average molecular weight is 395 g/mol. The second kappa shape index (κ2) is 7.38. The lowest BCUT2D eigenvalue weighted by molar-refractivity contribution is 0.0390. The van der Waals surface area contributed by atoms with Gasteiger partial charge >= 0.3 is 6.03 Å². The Hall–Kier alpha value is -2.29. The minimum Gasteiger partial charge on any atom is -0.493 e. The first-order valence-electron chi connectivity index (χ1n) is 8.96. The molecule has 0 aromatic heterocycles. The van der Waals surface area contributed by atoms with Gasteiger partial charge in [-0.25, -0.2) is 13.2 Å². The molecule has 0 bridgehead atoms. The number of amides is 3. The highest BCUT2D eigenvalue weighted by Gasteiger charge is 2.50. The molecule has 8 nitrogen and oxygen atoms in total. The second-order valence-electron chi connectivity index (χ2n) is 7.01. The third kappa shape index (κ3) is 3.73. The van der Waals surface area contributed by atoms with Gasteiger partial charge in [0, 0.05) is 27.2 Å². The van der Waals surface area contributed by atoms with Crippen molar-refractivity contribution >= 4 is 21.8 Å². The van der Waals surface area contributed by atoms with E-state index >= 15 is 0 Å². The Kier molecular flexibility index (Phi) is 5.32. The molecule has 2 aliphatic rings. The summed E-state index contributed by atoms with van der Waals surface area (Å²) >= 11 is 0. The first-order valence-corrected chi connectivity index (χ1v) is 10.8. The van der Waals surface area contributed by atoms with Gasteiger partial charge in [-0.2, -0.15) is 0 Å². The highest BCUT2D eigenvalue weighted by atomic mass is 32.2. The Morgan fingerprint density at radius 2 is 1.70 bits per heavy atom. The van der Waals surface area contributed by atoms with Crippen molar-refractivity contribution in [1.29, 1.82) is 0 Å². The molecule has 3 amide bonds. The topological polar surface area (TPSA) is 87.2 Å². The molecule has 0 spiro atoms. The van der Waals surface area contributed by atoms with E-state index in [-0.39, 0.29) is 30.0 Å². The number of carbonyl (C=O) groups is 2. The van der Waals surface area contributed by atoms with Crippen LogP contribution in [-0.2, 0) is 9.84 Å². The summed E-state index contributed by atoms with van der Waals surface area (Å²) in [5.74, 6) is -0.0248. The maximum atomic E-state index is 13.2. The third-order valence-corrected chi connectivity index (χ3v) is 6.68. The lowest BCUT2D eigenvalue weighted by Crippen LogP contribution is -2.63. The zero-order chi connectivity index (χ0) is 19.8. The predicted molar refractivity (Wildman–Crippen MR) is 101 cm³/mol. The zero-order valence-electron chi connectivity index (χ0n) is 15.8. The van der Waals surface area contributed by atoms with Crippen LogP contribution in [0.15, 0.2) is 24.3 Å². The minimum atomic E-state index is -3.33. The lowest BCUT2D eigenvalue weighted by Gasteiger charge is -2.44. The van der Waals surface area contributed by atoms with Crippen molar-refractivity contribution in [1.82, 2.24) is 14.7 Å². The van der Waals surface area contributed by atoms with E-state index in [0.717, 1.165) is 0 Å². The van der Waals surface area contributed by atoms with E-state index in [1.54, 1.807) is 48.2 Å². The van der Waals surface area contributed by atoms with Crippen LogP contribution in [0.2, 0.25) is 0 Å². The molecule has 2 atom stereocenters. The highest BCUT2D eigenvalue weighted by Crippen LogP contribution is 2.30. The highest BCUT2D eigenvalue weighted by molar-refractivity contribution is 7.91. The van der Waals surface area contributed by atoms with E-state index in [9.17, 15) is 18.0 Å². The van der Waals surface area contributed by atoms with Crippen LogP contribution in [0.4, 0.5) is 4.79 Å². The summed E-state index contributed by atoms with van der Waals surface area (Å²) in [6.45, 7) is 2.86. The number of rotatable bonds is 3. The number of hydrogen-bond acceptors (Lipinski definition) is 5. The monoisotopic (exact) mass is 395 g/mol. The van der Waals surface area contributed by atoms with Gasteiger partial charge in [0.2, 0.25) is 0 Å². The normalized spacial score (nSPS) is 23.7. The molecule has 2 fully saturated rings. The summed E-state index contributed by atoms with van der Waals surface area (Å²) in [4.78, 5) is 30.3. The standard InChI is InChI=1S/C18H25N3O5S/c1-4-26-16-8-6-5-7-13(16)17(22)20-9-10-21(18(23)19(2)3)15-12-27(24,25)11-14(15)20/h5-8,14-15H,4,9-12H2,1-3H3/t14-,15+/m0/s1. The fraction of sp³-hybridized carbons (Fsp3) is 0.556. The summed E-state index contributed by atoms with van der Waals surface area (Å²) < 4.78 is 30.1. The quantitative estimate of drug-likeness (QED) is 0.752. The third-order valence-electron chi connectivity index (χ3n) is 4.98. The maximum absolute atomic E-state index is 13.2. The average Bonchev–Trinajstić information content (AvgIpc) is 2.95. The van der Waals surface area contributed by atoms with E-state index in [1.165, 1.54) is 4.90 Å². The molecular weight excluding hydrogens is 370 g/mol. The molecule has 0 aliphatic carbocycles. The van der Waals surface area contributed by atoms with Crippen LogP contribution in [0.1, 0.15) is 17.3 Å². The molecule has 0 N–H and O–H groups in total. The molecule has 2 heterocycles. The Morgan fingerprint density at radius 3 is 2.33 bits per heavy atom. The summed E-state index contributed by atoms with van der Waals surface area (Å²) in [7, 11) is -0.0564. The van der Waals surface area contributed by atoms with Crippen molar-refractivity contribution in [3.05, 3.63) is 29.8 Å². The number of ether oxygens (including phenoxy) is 1. The molecule has 9 heteroatoms. The SMILES string of the molecule is CCOc1ccccc1C(=O)N1CCN(C(=O)N(C)C)[C@@H]2CS(=O)(=O)C[C@@H]21. The number of carbonyl (C=O) groups excluding carboxylic acids is 2. The molecule has 0 unspecified atom stereocenters. The minimum absolute atomic E-state index is 0.117. The summed E-state index contributed by atoms with van der Waals surface area (Å²) in [5.41, 5.74) is 0.412. The smallest absolute Gasteiger partial charge is 0.319 e. The van der Waals surface area contributed by atoms with Crippen molar-refractivity contribution in [2.75, 3.05) is 45.3 Å². The van der Waals surface area contributed by atoms with E-state index in [1.807, 2.05) is 6.92 Å². The number of fused-ring (bicyclic) bond motifs is 1. The Bertz CT molecular complexity index is 839. The number of para-hydroxylation sites is 1. The van der Waals surface area contributed by atoms with Crippen LogP contribution < -0.4 is 4.74 Å². The molecule has 1 aromatic rings. The van der Waals surface area contributed by atoms with Crippen LogP contribution in [-0.4, -0.2) is 92.4 Å². The molecule has 0 saturated carbocycles. The molecule has 2 saturated heterocycles. The number of nitrogens with zero attached hydrogens (tertiary/aromatic N) is 3. The number of sulfone groups is 1.